The maximum Gasteiger partial charge on any atom is 0.120 e. The van der Waals surface area contributed by atoms with Crippen LogP contribution < -0.4 is 5.32 Å². The standard InChI is InChI=1S/C17H19Cl2N3O/c18-12-1-2-14(23)16(17(12)19)11-7-15-21-8-13(22(15)9-11)10-3-5-20-6-4-10/h1-2,8,10-11,20,23H,3-7,9H2. The molecule has 1 fully saturated rings. The summed E-state index contributed by atoms with van der Waals surface area (Å²) in [5.74, 6) is 2.00. The number of phenols is 1. The van der Waals surface area contributed by atoms with Gasteiger partial charge in [-0.25, -0.2) is 4.98 Å². The van der Waals surface area contributed by atoms with Crippen molar-refractivity contribution in [2.24, 2.45) is 0 Å². The fourth-order valence-electron chi connectivity index (χ4n) is 3.89. The first kappa shape index (κ1) is 15.3. The number of halogens is 2. The highest BCUT2D eigenvalue weighted by atomic mass is 35.5. The van der Waals surface area contributed by atoms with Gasteiger partial charge in [-0.1, -0.05) is 23.2 Å². The molecule has 1 unspecified atom stereocenters. The van der Waals surface area contributed by atoms with Gasteiger partial charge < -0.3 is 15.0 Å². The molecule has 1 aromatic heterocycles. The van der Waals surface area contributed by atoms with E-state index in [1.54, 1.807) is 12.1 Å². The third kappa shape index (κ3) is 2.63. The van der Waals surface area contributed by atoms with Gasteiger partial charge in [-0.15, -0.1) is 0 Å². The molecular formula is C17H19Cl2N3O. The Balaban J connectivity index is 1.64. The van der Waals surface area contributed by atoms with E-state index in [9.17, 15) is 5.11 Å². The lowest BCUT2D eigenvalue weighted by atomic mass is 9.94. The minimum Gasteiger partial charge on any atom is -0.508 e. The highest BCUT2D eigenvalue weighted by Crippen LogP contribution is 2.42. The topological polar surface area (TPSA) is 50.1 Å². The van der Waals surface area contributed by atoms with Gasteiger partial charge in [0.2, 0.25) is 0 Å². The van der Waals surface area contributed by atoms with E-state index in [1.807, 2.05) is 6.20 Å². The molecule has 1 aromatic carbocycles. The predicted molar refractivity (Wildman–Crippen MR) is 91.6 cm³/mol. The SMILES string of the molecule is Oc1ccc(Cl)c(Cl)c1C1Cc2ncc(C3CCNCC3)n2C1. The minimum absolute atomic E-state index is 0.130. The van der Waals surface area contributed by atoms with E-state index >= 15 is 0 Å². The first-order valence-electron chi connectivity index (χ1n) is 8.07. The maximum atomic E-state index is 10.2. The van der Waals surface area contributed by atoms with E-state index in [-0.39, 0.29) is 11.7 Å². The van der Waals surface area contributed by atoms with Crippen LogP contribution >= 0.6 is 23.2 Å². The van der Waals surface area contributed by atoms with Crippen LogP contribution in [0.15, 0.2) is 18.3 Å². The molecule has 1 atom stereocenters. The molecule has 0 bridgehead atoms. The molecule has 2 aliphatic rings. The van der Waals surface area contributed by atoms with Gasteiger partial charge in [0.25, 0.3) is 0 Å². The molecule has 23 heavy (non-hydrogen) atoms. The Labute approximate surface area is 145 Å². The van der Waals surface area contributed by atoms with E-state index in [1.165, 1.54) is 5.69 Å². The van der Waals surface area contributed by atoms with Crippen LogP contribution in [-0.2, 0) is 13.0 Å². The van der Waals surface area contributed by atoms with E-state index in [2.05, 4.69) is 14.9 Å². The monoisotopic (exact) mass is 351 g/mol. The van der Waals surface area contributed by atoms with Crippen LogP contribution in [0.1, 0.15) is 41.8 Å². The molecule has 3 heterocycles. The molecule has 0 radical (unpaired) electrons. The maximum absolute atomic E-state index is 10.2. The largest absolute Gasteiger partial charge is 0.508 e. The Kier molecular flexibility index (Phi) is 4.00. The number of hydrogen-bond donors (Lipinski definition) is 2. The number of imidazole rings is 1. The zero-order valence-corrected chi connectivity index (χ0v) is 14.2. The molecule has 1 saturated heterocycles. The molecule has 2 N–H and O–H groups in total. The number of aromatic nitrogens is 2. The van der Waals surface area contributed by atoms with Crippen LogP contribution in [0.5, 0.6) is 5.75 Å². The first-order chi connectivity index (χ1) is 11.1. The van der Waals surface area contributed by atoms with Crippen molar-refractivity contribution in [2.75, 3.05) is 13.1 Å². The van der Waals surface area contributed by atoms with Gasteiger partial charge in [0, 0.05) is 42.3 Å². The number of nitrogens with one attached hydrogen (secondary N) is 1. The molecule has 0 aliphatic carbocycles. The lowest BCUT2D eigenvalue weighted by Crippen LogP contribution is -2.27. The van der Waals surface area contributed by atoms with Crippen molar-refractivity contribution in [3.63, 3.8) is 0 Å². The fraction of sp³-hybridized carbons (Fsp3) is 0.471. The lowest BCUT2D eigenvalue weighted by molar-refractivity contribution is 0.436. The normalized spacial score (nSPS) is 21.6. The van der Waals surface area contributed by atoms with Crippen molar-refractivity contribution in [1.82, 2.24) is 14.9 Å². The van der Waals surface area contributed by atoms with Crippen LogP contribution in [0.3, 0.4) is 0 Å². The van der Waals surface area contributed by atoms with Crippen molar-refractivity contribution in [3.8, 4) is 5.75 Å². The van der Waals surface area contributed by atoms with Gasteiger partial charge >= 0.3 is 0 Å². The summed E-state index contributed by atoms with van der Waals surface area (Å²) < 4.78 is 2.32. The van der Waals surface area contributed by atoms with E-state index < -0.39 is 0 Å². The van der Waals surface area contributed by atoms with Crippen LogP contribution in [0, 0.1) is 0 Å². The number of phenolic OH excluding ortho intramolecular Hbond substituents is 1. The first-order valence-corrected chi connectivity index (χ1v) is 8.82. The average Bonchev–Trinajstić information content (AvgIpc) is 3.12. The third-order valence-electron chi connectivity index (χ3n) is 5.08. The number of aromatic hydroxyl groups is 1. The van der Waals surface area contributed by atoms with Gasteiger partial charge in [0.15, 0.2) is 0 Å². The van der Waals surface area contributed by atoms with Crippen molar-refractivity contribution in [1.29, 1.82) is 0 Å². The van der Waals surface area contributed by atoms with Crippen molar-refractivity contribution < 1.29 is 5.11 Å². The second-order valence-corrected chi connectivity index (χ2v) is 7.21. The number of hydrogen-bond acceptors (Lipinski definition) is 3. The van der Waals surface area contributed by atoms with E-state index in [4.69, 9.17) is 23.2 Å². The number of rotatable bonds is 2. The Morgan fingerprint density at radius 2 is 1.96 bits per heavy atom. The zero-order chi connectivity index (χ0) is 16.0. The molecule has 2 aliphatic heterocycles. The zero-order valence-electron chi connectivity index (χ0n) is 12.7. The Bertz CT molecular complexity index is 738. The third-order valence-corrected chi connectivity index (χ3v) is 5.90. The van der Waals surface area contributed by atoms with Crippen molar-refractivity contribution >= 4 is 23.2 Å². The van der Waals surface area contributed by atoms with Crippen LogP contribution in [0.25, 0.3) is 0 Å². The Hall–Kier alpha value is -1.23. The summed E-state index contributed by atoms with van der Waals surface area (Å²) in [6.07, 6.45) is 5.12. The summed E-state index contributed by atoms with van der Waals surface area (Å²) in [5, 5.41) is 14.6. The molecule has 4 rings (SSSR count). The predicted octanol–water partition coefficient (Wildman–Crippen LogP) is 3.70. The summed E-state index contributed by atoms with van der Waals surface area (Å²) >= 11 is 12.5. The molecule has 122 valence electrons. The molecule has 2 aromatic rings. The second-order valence-electron chi connectivity index (χ2n) is 6.43. The molecule has 4 nitrogen and oxygen atoms in total. The number of piperidine rings is 1. The van der Waals surface area contributed by atoms with Gasteiger partial charge in [0.05, 0.1) is 10.0 Å². The molecule has 6 heteroatoms. The van der Waals surface area contributed by atoms with Crippen molar-refractivity contribution in [3.05, 3.63) is 45.5 Å². The average molecular weight is 352 g/mol. The summed E-state index contributed by atoms with van der Waals surface area (Å²) in [7, 11) is 0. The quantitative estimate of drug-likeness (QED) is 0.867. The Morgan fingerprint density at radius 1 is 1.17 bits per heavy atom. The summed E-state index contributed by atoms with van der Waals surface area (Å²) in [6.45, 7) is 2.94. The van der Waals surface area contributed by atoms with Crippen molar-refractivity contribution in [2.45, 2.75) is 37.6 Å². The Morgan fingerprint density at radius 3 is 2.74 bits per heavy atom. The molecule has 0 amide bonds. The number of nitrogens with zero attached hydrogens (tertiary/aromatic N) is 2. The minimum atomic E-state index is 0.130. The summed E-state index contributed by atoms with van der Waals surface area (Å²) in [4.78, 5) is 4.61. The lowest BCUT2D eigenvalue weighted by Gasteiger charge is -2.23. The smallest absolute Gasteiger partial charge is 0.120 e. The van der Waals surface area contributed by atoms with E-state index in [0.29, 0.717) is 16.0 Å². The molecule has 0 saturated carbocycles. The van der Waals surface area contributed by atoms with E-state index in [0.717, 1.165) is 50.3 Å². The van der Waals surface area contributed by atoms with Gasteiger partial charge in [-0.05, 0) is 38.1 Å². The second kappa shape index (κ2) is 6.00. The molecule has 0 spiro atoms. The highest BCUT2D eigenvalue weighted by molar-refractivity contribution is 6.42. The summed E-state index contributed by atoms with van der Waals surface area (Å²) in [5.41, 5.74) is 2.07. The number of benzene rings is 1. The number of fused-ring (bicyclic) bond motifs is 1. The van der Waals surface area contributed by atoms with Crippen LogP contribution in [0.2, 0.25) is 10.0 Å². The van der Waals surface area contributed by atoms with Gasteiger partial charge in [0.1, 0.15) is 11.6 Å². The summed E-state index contributed by atoms with van der Waals surface area (Å²) in [6, 6.07) is 3.26. The van der Waals surface area contributed by atoms with Gasteiger partial charge in [-0.3, -0.25) is 0 Å². The molecular weight excluding hydrogens is 333 g/mol. The van der Waals surface area contributed by atoms with Crippen LogP contribution in [-0.4, -0.2) is 27.7 Å². The fourth-order valence-corrected chi connectivity index (χ4v) is 4.37. The van der Waals surface area contributed by atoms with Crippen LogP contribution in [0.4, 0.5) is 0 Å². The highest BCUT2D eigenvalue weighted by Gasteiger charge is 2.32. The van der Waals surface area contributed by atoms with Gasteiger partial charge in [-0.2, -0.15) is 0 Å².